The van der Waals surface area contributed by atoms with Crippen LogP contribution >= 0.6 is 0 Å². The Bertz CT molecular complexity index is 1340. The second-order valence-electron chi connectivity index (χ2n) is 12.4. The van der Waals surface area contributed by atoms with Gasteiger partial charge < -0.3 is 15.0 Å². The molecule has 2 N–H and O–H groups in total. The van der Waals surface area contributed by atoms with Crippen molar-refractivity contribution in [3.63, 3.8) is 0 Å². The zero-order chi connectivity index (χ0) is 28.4. The molecule has 3 amide bonds. The van der Waals surface area contributed by atoms with Gasteiger partial charge in [0, 0.05) is 36.4 Å². The van der Waals surface area contributed by atoms with Crippen molar-refractivity contribution in [1.29, 1.82) is 0 Å². The molecule has 3 aromatic rings. The molecule has 1 aromatic heterocycles. The molecule has 212 valence electrons. The Balaban J connectivity index is 1.25. The summed E-state index contributed by atoms with van der Waals surface area (Å²) in [6.07, 6.45) is 5.13. The fourth-order valence-corrected chi connectivity index (χ4v) is 6.17. The molecule has 8 heteroatoms. The lowest BCUT2D eigenvalue weighted by Crippen LogP contribution is -2.48. The largest absolute Gasteiger partial charge is 0.375 e. The number of benzene rings is 2. The number of fused-ring (bicyclic) bond motifs is 2. The first-order valence-corrected chi connectivity index (χ1v) is 14.3. The Morgan fingerprint density at radius 1 is 1.00 bits per heavy atom. The highest BCUT2D eigenvalue weighted by atomic mass is 16.5. The quantitative estimate of drug-likeness (QED) is 0.378. The van der Waals surface area contributed by atoms with Gasteiger partial charge in [0.1, 0.15) is 12.4 Å². The van der Waals surface area contributed by atoms with Gasteiger partial charge in [0.15, 0.2) is 0 Å². The van der Waals surface area contributed by atoms with Crippen molar-refractivity contribution in [3.05, 3.63) is 71.4 Å². The van der Waals surface area contributed by atoms with Crippen LogP contribution in [0.1, 0.15) is 63.3 Å². The summed E-state index contributed by atoms with van der Waals surface area (Å²) in [5.41, 5.74) is 4.74. The van der Waals surface area contributed by atoms with Crippen molar-refractivity contribution >= 4 is 23.4 Å². The van der Waals surface area contributed by atoms with Crippen LogP contribution in [0.15, 0.2) is 54.6 Å². The first-order chi connectivity index (χ1) is 19.1. The van der Waals surface area contributed by atoms with Gasteiger partial charge in [-0.25, -0.2) is 9.48 Å². The number of hydrogen-bond donors (Lipinski definition) is 2. The molecular weight excluding hydrogens is 502 g/mol. The van der Waals surface area contributed by atoms with E-state index in [1.165, 1.54) is 5.56 Å². The number of urea groups is 1. The summed E-state index contributed by atoms with van der Waals surface area (Å²) in [4.78, 5) is 27.7. The molecule has 2 aliphatic rings. The Labute approximate surface area is 237 Å². The number of nitrogens with one attached hydrogen (secondary N) is 2. The average molecular weight is 544 g/mol. The zero-order valence-electron chi connectivity index (χ0n) is 24.2. The van der Waals surface area contributed by atoms with Crippen molar-refractivity contribution < 1.29 is 14.3 Å². The molecule has 2 bridgehead atoms. The highest BCUT2D eigenvalue weighted by Gasteiger charge is 2.42. The van der Waals surface area contributed by atoms with E-state index < -0.39 is 0 Å². The van der Waals surface area contributed by atoms with E-state index in [2.05, 4.69) is 48.4 Å². The summed E-state index contributed by atoms with van der Waals surface area (Å²) < 4.78 is 6.89. The normalized spacial score (nSPS) is 20.4. The smallest absolute Gasteiger partial charge is 0.324 e. The van der Waals surface area contributed by atoms with E-state index in [1.807, 2.05) is 49.4 Å². The summed E-state index contributed by atoms with van der Waals surface area (Å²) >= 11 is 0. The van der Waals surface area contributed by atoms with Crippen molar-refractivity contribution in [2.45, 2.75) is 77.3 Å². The topological polar surface area (TPSA) is 88.5 Å². The maximum atomic E-state index is 13.1. The van der Waals surface area contributed by atoms with Crippen LogP contribution in [0.3, 0.4) is 0 Å². The summed E-state index contributed by atoms with van der Waals surface area (Å²) in [6, 6.07) is 18.4. The first-order valence-electron chi connectivity index (χ1n) is 14.3. The number of aromatic nitrogens is 2. The Kier molecular flexibility index (Phi) is 7.99. The Morgan fingerprint density at radius 2 is 1.70 bits per heavy atom. The second-order valence-corrected chi connectivity index (χ2v) is 12.4. The van der Waals surface area contributed by atoms with E-state index in [1.54, 1.807) is 11.8 Å². The van der Waals surface area contributed by atoms with Gasteiger partial charge in [-0.1, -0.05) is 50.6 Å². The lowest BCUT2D eigenvalue weighted by Gasteiger charge is -2.39. The molecule has 2 aliphatic heterocycles. The Morgan fingerprint density at radius 3 is 2.35 bits per heavy atom. The number of hydrogen-bond acceptors (Lipinski definition) is 4. The Hall–Kier alpha value is -3.65. The standard InChI is InChI=1S/C32H41N5O3/c1-21-9-11-25(12-10-21)37-29(19-28(35-37)32(2,3)4)34-31(39)33-24-8-6-7-22(16-24)15-23-17-26-13-14-27(18-23)36(26)30(38)20-40-5/h6-12,16,19,23,26-27H,13-15,17-18,20H2,1-5H3,(H2,33,34,39). The van der Waals surface area contributed by atoms with Gasteiger partial charge in [-0.3, -0.25) is 10.1 Å². The number of amides is 3. The van der Waals surface area contributed by atoms with Crippen LogP contribution in [-0.4, -0.2) is 52.4 Å². The predicted octanol–water partition coefficient (Wildman–Crippen LogP) is 6.08. The van der Waals surface area contributed by atoms with Gasteiger partial charge in [-0.15, -0.1) is 0 Å². The number of nitrogens with zero attached hydrogens (tertiary/aromatic N) is 3. The maximum Gasteiger partial charge on any atom is 0.324 e. The van der Waals surface area contributed by atoms with Crippen LogP contribution in [0.25, 0.3) is 5.69 Å². The third-order valence-electron chi connectivity index (χ3n) is 8.09. The first kappa shape index (κ1) is 27.9. The molecule has 2 unspecified atom stereocenters. The van der Waals surface area contributed by atoms with Crippen LogP contribution in [0.5, 0.6) is 0 Å². The second kappa shape index (κ2) is 11.5. The predicted molar refractivity (Wildman–Crippen MR) is 158 cm³/mol. The molecule has 2 aromatic carbocycles. The molecule has 40 heavy (non-hydrogen) atoms. The number of carbonyl (C=O) groups excluding carboxylic acids is 2. The zero-order valence-corrected chi connectivity index (χ0v) is 24.2. The third kappa shape index (κ3) is 6.22. The number of methoxy groups -OCH3 is 1. The highest BCUT2D eigenvalue weighted by molar-refractivity contribution is 5.99. The van der Waals surface area contributed by atoms with Crippen LogP contribution in [-0.2, 0) is 21.4 Å². The van der Waals surface area contributed by atoms with E-state index in [0.29, 0.717) is 23.8 Å². The molecule has 8 nitrogen and oxygen atoms in total. The molecule has 0 spiro atoms. The summed E-state index contributed by atoms with van der Waals surface area (Å²) in [7, 11) is 1.58. The van der Waals surface area contributed by atoms with E-state index in [0.717, 1.165) is 54.7 Å². The number of piperidine rings is 1. The van der Waals surface area contributed by atoms with Gasteiger partial charge in [-0.2, -0.15) is 5.10 Å². The van der Waals surface area contributed by atoms with Crippen LogP contribution in [0.4, 0.5) is 16.3 Å². The van der Waals surface area contributed by atoms with Crippen LogP contribution in [0.2, 0.25) is 0 Å². The summed E-state index contributed by atoms with van der Waals surface area (Å²) in [5.74, 6) is 1.25. The molecule has 2 saturated heterocycles. The number of anilines is 2. The lowest BCUT2D eigenvalue weighted by molar-refractivity contribution is -0.140. The van der Waals surface area contributed by atoms with Gasteiger partial charge in [0.05, 0.1) is 11.4 Å². The third-order valence-corrected chi connectivity index (χ3v) is 8.09. The molecule has 2 atom stereocenters. The fraction of sp³-hybridized carbons (Fsp3) is 0.469. The SMILES string of the molecule is COCC(=O)N1C2CCC1CC(Cc1cccc(NC(=O)Nc3cc(C(C)(C)C)nn3-c3ccc(C)cc3)c1)C2. The van der Waals surface area contributed by atoms with E-state index >= 15 is 0 Å². The molecule has 0 saturated carbocycles. The molecule has 0 aliphatic carbocycles. The minimum Gasteiger partial charge on any atom is -0.375 e. The van der Waals surface area contributed by atoms with Crippen LogP contribution in [0, 0.1) is 12.8 Å². The number of carbonyl (C=O) groups is 2. The van der Waals surface area contributed by atoms with E-state index in [4.69, 9.17) is 9.84 Å². The number of ether oxygens (including phenoxy) is 1. The molecule has 2 fully saturated rings. The molecule has 0 radical (unpaired) electrons. The van der Waals surface area contributed by atoms with E-state index in [-0.39, 0.29) is 24.0 Å². The van der Waals surface area contributed by atoms with Gasteiger partial charge in [0.25, 0.3) is 0 Å². The molecule has 3 heterocycles. The molecular formula is C32H41N5O3. The van der Waals surface area contributed by atoms with Crippen molar-refractivity contribution in [2.75, 3.05) is 24.4 Å². The summed E-state index contributed by atoms with van der Waals surface area (Å²) in [5, 5.41) is 10.8. The van der Waals surface area contributed by atoms with Crippen LogP contribution < -0.4 is 10.6 Å². The average Bonchev–Trinajstić information content (AvgIpc) is 3.43. The van der Waals surface area contributed by atoms with Gasteiger partial charge >= 0.3 is 6.03 Å². The minimum atomic E-state index is -0.311. The van der Waals surface area contributed by atoms with Gasteiger partial charge in [-0.05, 0) is 74.8 Å². The maximum absolute atomic E-state index is 13.1. The minimum absolute atomic E-state index is 0.115. The molecule has 5 rings (SSSR count). The van der Waals surface area contributed by atoms with Crippen molar-refractivity contribution in [1.82, 2.24) is 14.7 Å². The lowest BCUT2D eigenvalue weighted by atomic mass is 9.85. The summed E-state index contributed by atoms with van der Waals surface area (Å²) in [6.45, 7) is 8.53. The fourth-order valence-electron chi connectivity index (χ4n) is 6.17. The van der Waals surface area contributed by atoms with Crippen molar-refractivity contribution in [3.8, 4) is 5.69 Å². The highest BCUT2D eigenvalue weighted by Crippen LogP contribution is 2.40. The van der Waals surface area contributed by atoms with Crippen molar-refractivity contribution in [2.24, 2.45) is 5.92 Å². The van der Waals surface area contributed by atoms with Gasteiger partial charge in [0.2, 0.25) is 5.91 Å². The number of aryl methyl sites for hydroxylation is 1. The number of rotatable bonds is 7. The van der Waals surface area contributed by atoms with E-state index in [9.17, 15) is 9.59 Å². The monoisotopic (exact) mass is 543 g/mol.